The molecule has 2 heterocycles. The van der Waals surface area contributed by atoms with Crippen molar-refractivity contribution in [2.75, 3.05) is 0 Å². The largest absolute Gasteiger partial charge is 0.291 e. The summed E-state index contributed by atoms with van der Waals surface area (Å²) >= 11 is 1.29. The molecule has 0 N–H and O–H groups in total. The van der Waals surface area contributed by atoms with Crippen LogP contribution in [0.3, 0.4) is 0 Å². The third-order valence-electron chi connectivity index (χ3n) is 3.66. The molecule has 2 aromatic carbocycles. The van der Waals surface area contributed by atoms with E-state index in [2.05, 4.69) is 10.1 Å². The van der Waals surface area contributed by atoms with Crippen molar-refractivity contribution < 1.29 is 4.39 Å². The zero-order chi connectivity index (χ0) is 16.7. The molecule has 0 aliphatic rings. The number of benzene rings is 2. The van der Waals surface area contributed by atoms with Crippen molar-refractivity contribution in [3.63, 3.8) is 0 Å². The molecular formula is C18H12FN3OS. The van der Waals surface area contributed by atoms with Gasteiger partial charge in [0.15, 0.2) is 5.82 Å². The van der Waals surface area contributed by atoms with Crippen LogP contribution >= 0.6 is 11.3 Å². The standard InChI is InChI=1S/C18H12FN3OS/c1-11-2-4-12(5-3-11)10-15-17(23)22-18(24-15)20-16(21-22)13-6-8-14(19)9-7-13/h2-10H,1H3/b15-10+. The fraction of sp³-hybridized carbons (Fsp3) is 0.0556. The normalized spacial score (nSPS) is 12.2. The van der Waals surface area contributed by atoms with Gasteiger partial charge in [0.2, 0.25) is 4.96 Å². The summed E-state index contributed by atoms with van der Waals surface area (Å²) in [4.78, 5) is 17.4. The minimum atomic E-state index is -0.320. The van der Waals surface area contributed by atoms with Crippen molar-refractivity contribution in [1.82, 2.24) is 14.6 Å². The molecule has 0 amide bonds. The van der Waals surface area contributed by atoms with Gasteiger partial charge >= 0.3 is 0 Å². The fourth-order valence-corrected chi connectivity index (χ4v) is 3.28. The van der Waals surface area contributed by atoms with Gasteiger partial charge in [-0.05, 0) is 42.8 Å². The van der Waals surface area contributed by atoms with Gasteiger partial charge in [0.25, 0.3) is 5.56 Å². The fourth-order valence-electron chi connectivity index (χ4n) is 2.37. The van der Waals surface area contributed by atoms with Crippen molar-refractivity contribution in [3.8, 4) is 11.4 Å². The Kier molecular flexibility index (Phi) is 3.46. The van der Waals surface area contributed by atoms with Gasteiger partial charge in [-0.1, -0.05) is 41.2 Å². The number of aromatic nitrogens is 3. The van der Waals surface area contributed by atoms with Gasteiger partial charge in [0.1, 0.15) is 5.82 Å². The Morgan fingerprint density at radius 2 is 1.79 bits per heavy atom. The lowest BCUT2D eigenvalue weighted by atomic mass is 10.1. The number of aryl methyl sites for hydroxylation is 1. The van der Waals surface area contributed by atoms with E-state index in [9.17, 15) is 9.18 Å². The second kappa shape index (κ2) is 5.65. The van der Waals surface area contributed by atoms with Gasteiger partial charge in [-0.3, -0.25) is 4.79 Å². The predicted octanol–water partition coefficient (Wildman–Crippen LogP) is 2.81. The van der Waals surface area contributed by atoms with Gasteiger partial charge in [0, 0.05) is 5.56 Å². The van der Waals surface area contributed by atoms with E-state index in [0.29, 0.717) is 20.9 Å². The summed E-state index contributed by atoms with van der Waals surface area (Å²) in [5, 5.41) is 4.25. The molecule has 6 heteroatoms. The van der Waals surface area contributed by atoms with E-state index in [0.717, 1.165) is 5.56 Å². The molecule has 0 aliphatic heterocycles. The van der Waals surface area contributed by atoms with Gasteiger partial charge < -0.3 is 0 Å². The molecule has 0 fully saturated rings. The number of hydrogen-bond donors (Lipinski definition) is 0. The Morgan fingerprint density at radius 3 is 2.46 bits per heavy atom. The summed E-state index contributed by atoms with van der Waals surface area (Å²) in [6.45, 7) is 2.02. The molecule has 2 aromatic heterocycles. The van der Waals surface area contributed by atoms with Crippen LogP contribution in [0.1, 0.15) is 11.1 Å². The topological polar surface area (TPSA) is 47.3 Å². The second-order valence-electron chi connectivity index (χ2n) is 5.46. The second-order valence-corrected chi connectivity index (χ2v) is 6.47. The number of rotatable bonds is 2. The lowest BCUT2D eigenvalue weighted by molar-refractivity contribution is 0.628. The SMILES string of the molecule is Cc1ccc(/C=c2/sc3nc(-c4ccc(F)cc4)nn3c2=O)cc1. The van der Waals surface area contributed by atoms with Crippen LogP contribution in [0.5, 0.6) is 0 Å². The monoisotopic (exact) mass is 337 g/mol. The van der Waals surface area contributed by atoms with Crippen LogP contribution in [0.15, 0.2) is 53.3 Å². The van der Waals surface area contributed by atoms with Crippen LogP contribution in [-0.2, 0) is 0 Å². The van der Waals surface area contributed by atoms with E-state index in [1.165, 1.54) is 33.5 Å². The molecule has 0 spiro atoms. The zero-order valence-electron chi connectivity index (χ0n) is 12.7. The molecule has 118 valence electrons. The Bertz CT molecular complexity index is 1130. The van der Waals surface area contributed by atoms with Crippen molar-refractivity contribution in [1.29, 1.82) is 0 Å². The van der Waals surface area contributed by atoms with Gasteiger partial charge in [-0.15, -0.1) is 5.10 Å². The van der Waals surface area contributed by atoms with Gasteiger partial charge in [-0.2, -0.15) is 9.50 Å². The van der Waals surface area contributed by atoms with Crippen molar-refractivity contribution in [3.05, 3.63) is 80.4 Å². The van der Waals surface area contributed by atoms with Crippen LogP contribution in [0.4, 0.5) is 4.39 Å². The van der Waals surface area contributed by atoms with Crippen LogP contribution in [0.2, 0.25) is 0 Å². The minimum absolute atomic E-state index is 0.198. The van der Waals surface area contributed by atoms with Crippen LogP contribution in [0, 0.1) is 12.7 Å². The third kappa shape index (κ3) is 2.61. The molecule has 0 saturated heterocycles. The first-order chi connectivity index (χ1) is 11.6. The third-order valence-corrected chi connectivity index (χ3v) is 4.62. The van der Waals surface area contributed by atoms with Crippen molar-refractivity contribution in [2.24, 2.45) is 0 Å². The van der Waals surface area contributed by atoms with E-state index in [1.54, 1.807) is 12.1 Å². The van der Waals surface area contributed by atoms with Gasteiger partial charge in [-0.25, -0.2) is 4.39 Å². The molecule has 0 bridgehead atoms. The summed E-state index contributed by atoms with van der Waals surface area (Å²) in [6, 6.07) is 13.8. The van der Waals surface area contributed by atoms with Crippen molar-refractivity contribution in [2.45, 2.75) is 6.92 Å². The molecule has 0 saturated carbocycles. The van der Waals surface area contributed by atoms with Gasteiger partial charge in [0.05, 0.1) is 4.53 Å². The summed E-state index contributed by atoms with van der Waals surface area (Å²) in [5.74, 6) is 0.0968. The maximum atomic E-state index is 13.0. The number of hydrogen-bond acceptors (Lipinski definition) is 4. The lowest BCUT2D eigenvalue weighted by Crippen LogP contribution is -2.23. The molecule has 0 radical (unpaired) electrons. The van der Waals surface area contributed by atoms with E-state index in [-0.39, 0.29) is 11.4 Å². The molecule has 0 atom stereocenters. The first-order valence-corrected chi connectivity index (χ1v) is 8.16. The highest BCUT2D eigenvalue weighted by Crippen LogP contribution is 2.16. The molecule has 4 aromatic rings. The Balaban J connectivity index is 1.79. The van der Waals surface area contributed by atoms with E-state index in [1.807, 2.05) is 37.3 Å². The Labute approximate surface area is 140 Å². The summed E-state index contributed by atoms with van der Waals surface area (Å²) < 4.78 is 14.9. The number of thiazole rings is 1. The predicted molar refractivity (Wildman–Crippen MR) is 92.5 cm³/mol. The highest BCUT2D eigenvalue weighted by Gasteiger charge is 2.11. The van der Waals surface area contributed by atoms with E-state index in [4.69, 9.17) is 0 Å². The van der Waals surface area contributed by atoms with Crippen LogP contribution in [0.25, 0.3) is 22.4 Å². The lowest BCUT2D eigenvalue weighted by Gasteiger charge is -1.93. The summed E-state index contributed by atoms with van der Waals surface area (Å²) in [7, 11) is 0. The Morgan fingerprint density at radius 1 is 1.08 bits per heavy atom. The molecule has 4 rings (SSSR count). The van der Waals surface area contributed by atoms with E-state index >= 15 is 0 Å². The first kappa shape index (κ1) is 14.7. The maximum Gasteiger partial charge on any atom is 0.291 e. The average Bonchev–Trinajstić information content (AvgIpc) is 3.11. The number of fused-ring (bicyclic) bond motifs is 1. The quantitative estimate of drug-likeness (QED) is 0.565. The van der Waals surface area contributed by atoms with Crippen LogP contribution < -0.4 is 10.1 Å². The molecule has 0 aliphatic carbocycles. The minimum Gasteiger partial charge on any atom is -0.266 e. The molecule has 4 nitrogen and oxygen atoms in total. The maximum absolute atomic E-state index is 13.0. The van der Waals surface area contributed by atoms with Crippen molar-refractivity contribution >= 4 is 22.4 Å². The average molecular weight is 337 g/mol. The highest BCUT2D eigenvalue weighted by molar-refractivity contribution is 7.15. The number of nitrogens with zero attached hydrogens (tertiary/aromatic N) is 3. The first-order valence-electron chi connectivity index (χ1n) is 7.34. The highest BCUT2D eigenvalue weighted by atomic mass is 32.1. The van der Waals surface area contributed by atoms with E-state index < -0.39 is 0 Å². The molecule has 24 heavy (non-hydrogen) atoms. The zero-order valence-corrected chi connectivity index (χ0v) is 13.5. The summed E-state index contributed by atoms with van der Waals surface area (Å²) in [5.41, 5.74) is 2.61. The van der Waals surface area contributed by atoms with Crippen LogP contribution in [-0.4, -0.2) is 14.6 Å². The molecular weight excluding hydrogens is 325 g/mol. The summed E-state index contributed by atoms with van der Waals surface area (Å²) in [6.07, 6.45) is 1.83. The molecule has 0 unspecified atom stereocenters. The Hall–Kier alpha value is -2.86. The number of halogens is 1. The smallest absolute Gasteiger partial charge is 0.266 e.